The van der Waals surface area contributed by atoms with Crippen LogP contribution in [-0.2, 0) is 19.1 Å². The van der Waals surface area contributed by atoms with Gasteiger partial charge >= 0.3 is 5.97 Å². The SMILES string of the molecule is CCCCCC(=O)/C=C/[C@@H]1[C@@H](C/C=C\CCCC(=O)O)[C@@H](O)C[C@H]1OC1CCCCO1. The van der Waals surface area contributed by atoms with E-state index in [9.17, 15) is 14.7 Å². The second-order valence-electron chi connectivity index (χ2n) is 8.79. The molecule has 1 unspecified atom stereocenters. The summed E-state index contributed by atoms with van der Waals surface area (Å²) in [5.74, 6) is -0.716. The van der Waals surface area contributed by atoms with Crippen LogP contribution in [-0.4, -0.2) is 47.1 Å². The zero-order valence-electron chi connectivity index (χ0n) is 18.9. The van der Waals surface area contributed by atoms with Crippen molar-refractivity contribution in [2.75, 3.05) is 6.61 Å². The summed E-state index contributed by atoms with van der Waals surface area (Å²) in [4.78, 5) is 22.9. The van der Waals surface area contributed by atoms with Crippen molar-refractivity contribution in [3.63, 3.8) is 0 Å². The first-order valence-electron chi connectivity index (χ1n) is 12.0. The molecule has 2 N–H and O–H groups in total. The fourth-order valence-corrected chi connectivity index (χ4v) is 4.44. The van der Waals surface area contributed by atoms with E-state index in [1.165, 1.54) is 0 Å². The quantitative estimate of drug-likeness (QED) is 0.231. The molecule has 6 nitrogen and oxygen atoms in total. The molecular formula is C25H40O6. The minimum absolute atomic E-state index is 0.0241. The van der Waals surface area contributed by atoms with Gasteiger partial charge in [-0.15, -0.1) is 0 Å². The van der Waals surface area contributed by atoms with Crippen molar-refractivity contribution in [1.82, 2.24) is 0 Å². The van der Waals surface area contributed by atoms with Crippen molar-refractivity contribution < 1.29 is 29.3 Å². The van der Waals surface area contributed by atoms with E-state index in [-0.39, 0.29) is 36.4 Å². The molecular weight excluding hydrogens is 396 g/mol. The minimum atomic E-state index is -0.779. The number of unbranched alkanes of at least 4 members (excludes halogenated alkanes) is 3. The highest BCUT2D eigenvalue weighted by molar-refractivity contribution is 5.89. The van der Waals surface area contributed by atoms with Gasteiger partial charge in [-0.05, 0) is 56.9 Å². The Morgan fingerprint density at radius 3 is 2.68 bits per heavy atom. The van der Waals surface area contributed by atoms with Crippen molar-refractivity contribution in [2.24, 2.45) is 11.8 Å². The molecule has 2 fully saturated rings. The van der Waals surface area contributed by atoms with E-state index < -0.39 is 12.1 Å². The number of hydrogen-bond donors (Lipinski definition) is 2. The Balaban J connectivity index is 1.97. The Morgan fingerprint density at radius 1 is 1.13 bits per heavy atom. The Bertz CT molecular complexity index is 593. The topological polar surface area (TPSA) is 93.1 Å². The lowest BCUT2D eigenvalue weighted by molar-refractivity contribution is -0.193. The third-order valence-corrected chi connectivity index (χ3v) is 6.22. The van der Waals surface area contributed by atoms with E-state index in [1.807, 2.05) is 18.2 Å². The lowest BCUT2D eigenvalue weighted by Gasteiger charge is -2.29. The monoisotopic (exact) mass is 436 g/mol. The van der Waals surface area contributed by atoms with E-state index >= 15 is 0 Å². The van der Waals surface area contributed by atoms with E-state index in [4.69, 9.17) is 14.6 Å². The molecule has 1 aliphatic heterocycles. The number of rotatable bonds is 14. The van der Waals surface area contributed by atoms with Crippen LogP contribution in [0.5, 0.6) is 0 Å². The molecule has 0 amide bonds. The number of carbonyl (C=O) groups is 2. The number of aliphatic hydroxyl groups excluding tert-OH is 1. The van der Waals surface area contributed by atoms with Gasteiger partial charge in [-0.3, -0.25) is 9.59 Å². The van der Waals surface area contributed by atoms with Gasteiger partial charge in [-0.2, -0.15) is 0 Å². The van der Waals surface area contributed by atoms with Crippen molar-refractivity contribution in [2.45, 2.75) is 102 Å². The van der Waals surface area contributed by atoms with E-state index in [1.54, 1.807) is 6.08 Å². The van der Waals surface area contributed by atoms with Crippen LogP contribution in [0.15, 0.2) is 24.3 Å². The molecule has 0 spiro atoms. The van der Waals surface area contributed by atoms with Crippen LogP contribution < -0.4 is 0 Å². The van der Waals surface area contributed by atoms with Crippen LogP contribution in [0.3, 0.4) is 0 Å². The lowest BCUT2D eigenvalue weighted by Crippen LogP contribution is -2.30. The number of ether oxygens (including phenoxy) is 2. The van der Waals surface area contributed by atoms with E-state index in [0.29, 0.717) is 38.7 Å². The predicted molar refractivity (Wildman–Crippen MR) is 120 cm³/mol. The predicted octanol–water partition coefficient (Wildman–Crippen LogP) is 4.80. The number of hydrogen-bond acceptors (Lipinski definition) is 5. The number of aliphatic hydroxyl groups is 1. The van der Waals surface area contributed by atoms with Crippen LogP contribution in [0.25, 0.3) is 0 Å². The number of ketones is 1. The molecule has 0 aromatic rings. The number of carbonyl (C=O) groups excluding carboxylic acids is 1. The summed E-state index contributed by atoms with van der Waals surface area (Å²) in [7, 11) is 0. The van der Waals surface area contributed by atoms with E-state index in [2.05, 4.69) is 6.92 Å². The molecule has 1 saturated carbocycles. The maximum Gasteiger partial charge on any atom is 0.303 e. The van der Waals surface area contributed by atoms with Crippen molar-refractivity contribution >= 4 is 11.8 Å². The number of carboxylic acids is 1. The van der Waals surface area contributed by atoms with Crippen LogP contribution in [0, 0.1) is 11.8 Å². The first-order chi connectivity index (χ1) is 15.0. The van der Waals surface area contributed by atoms with Crippen LogP contribution >= 0.6 is 0 Å². The minimum Gasteiger partial charge on any atom is -0.481 e. The van der Waals surface area contributed by atoms with Crippen molar-refractivity contribution in [1.29, 1.82) is 0 Å². The Morgan fingerprint density at radius 2 is 1.97 bits per heavy atom. The van der Waals surface area contributed by atoms with Crippen LogP contribution in [0.4, 0.5) is 0 Å². The fourth-order valence-electron chi connectivity index (χ4n) is 4.44. The smallest absolute Gasteiger partial charge is 0.303 e. The van der Waals surface area contributed by atoms with Crippen molar-refractivity contribution in [3.8, 4) is 0 Å². The number of carboxylic acid groups (broad SMARTS) is 1. The molecule has 176 valence electrons. The first kappa shape index (κ1) is 25.8. The fraction of sp³-hybridized carbons (Fsp3) is 0.760. The second kappa shape index (κ2) is 14.5. The van der Waals surface area contributed by atoms with Crippen molar-refractivity contribution in [3.05, 3.63) is 24.3 Å². The third kappa shape index (κ3) is 9.67. The summed E-state index contributed by atoms with van der Waals surface area (Å²) in [6.07, 6.45) is 16.1. The van der Waals surface area contributed by atoms with Gasteiger partial charge in [0.25, 0.3) is 0 Å². The maximum absolute atomic E-state index is 12.3. The number of aliphatic carboxylic acids is 1. The molecule has 6 heteroatoms. The lowest BCUT2D eigenvalue weighted by atomic mass is 9.89. The average Bonchev–Trinajstić information content (AvgIpc) is 3.03. The average molecular weight is 437 g/mol. The number of allylic oxidation sites excluding steroid dienone is 3. The van der Waals surface area contributed by atoms with E-state index in [0.717, 1.165) is 38.5 Å². The first-order valence-corrected chi connectivity index (χ1v) is 12.0. The van der Waals surface area contributed by atoms with Gasteiger partial charge in [-0.1, -0.05) is 38.0 Å². The highest BCUT2D eigenvalue weighted by atomic mass is 16.7. The molecule has 2 aliphatic rings. The van der Waals surface area contributed by atoms with Gasteiger partial charge < -0.3 is 19.7 Å². The molecule has 0 bridgehead atoms. The van der Waals surface area contributed by atoms with Gasteiger partial charge in [0.1, 0.15) is 0 Å². The summed E-state index contributed by atoms with van der Waals surface area (Å²) in [6.45, 7) is 2.83. The Hall–Kier alpha value is -1.50. The van der Waals surface area contributed by atoms with Crippen LogP contribution in [0.2, 0.25) is 0 Å². The standard InChI is InChI=1S/C25H40O6/c1-2-3-6-11-19(26)15-16-21-20(12-7-4-5-8-13-24(28)29)22(27)18-23(21)31-25-14-9-10-17-30-25/h4,7,15-16,20-23,25,27H,2-3,5-6,8-14,17-18H2,1H3,(H,28,29)/b7-4-,16-15+/t20-,21-,22+,23-,25?/m1/s1. The molecule has 0 aromatic heterocycles. The molecule has 2 rings (SSSR count). The molecule has 1 heterocycles. The summed E-state index contributed by atoms with van der Waals surface area (Å²) >= 11 is 0. The summed E-state index contributed by atoms with van der Waals surface area (Å²) < 4.78 is 12.0. The highest BCUT2D eigenvalue weighted by Gasteiger charge is 2.42. The molecule has 1 saturated heterocycles. The molecule has 31 heavy (non-hydrogen) atoms. The zero-order chi connectivity index (χ0) is 22.5. The molecule has 0 radical (unpaired) electrons. The molecule has 5 atom stereocenters. The third-order valence-electron chi connectivity index (χ3n) is 6.22. The summed E-state index contributed by atoms with van der Waals surface area (Å²) in [6, 6.07) is 0. The second-order valence-corrected chi connectivity index (χ2v) is 8.79. The van der Waals surface area contributed by atoms with Gasteiger partial charge in [0, 0.05) is 31.8 Å². The van der Waals surface area contributed by atoms with Gasteiger partial charge in [0.05, 0.1) is 12.2 Å². The molecule has 1 aliphatic carbocycles. The summed E-state index contributed by atoms with van der Waals surface area (Å²) in [5.41, 5.74) is 0. The summed E-state index contributed by atoms with van der Waals surface area (Å²) in [5, 5.41) is 19.5. The van der Waals surface area contributed by atoms with Gasteiger partial charge in [0.2, 0.25) is 0 Å². The maximum atomic E-state index is 12.3. The molecule has 0 aromatic carbocycles. The van der Waals surface area contributed by atoms with Crippen LogP contribution in [0.1, 0.15) is 84.0 Å². The normalized spacial score (nSPS) is 29.2. The van der Waals surface area contributed by atoms with Gasteiger partial charge in [-0.25, -0.2) is 0 Å². The van der Waals surface area contributed by atoms with Gasteiger partial charge in [0.15, 0.2) is 12.1 Å². The Kier molecular flexibility index (Phi) is 12.1. The zero-order valence-corrected chi connectivity index (χ0v) is 18.9. The highest BCUT2D eigenvalue weighted by Crippen LogP contribution is 2.39. The Labute approximate surface area is 186 Å². The largest absolute Gasteiger partial charge is 0.481 e.